The molecule has 0 fully saturated rings. The zero-order valence-electron chi connectivity index (χ0n) is 34.4. The largest absolute Gasteiger partial charge is 0.507 e. The van der Waals surface area contributed by atoms with Crippen LogP contribution in [0.1, 0.15) is 44.5 Å². The molecule has 0 heterocycles. The second-order valence-corrected chi connectivity index (χ2v) is 14.3. The second-order valence-electron chi connectivity index (χ2n) is 14.3. The molecule has 326 valence electrons. The van der Waals surface area contributed by atoms with Crippen molar-refractivity contribution in [2.24, 2.45) is 20.0 Å². The molecule has 0 saturated heterocycles. The smallest absolute Gasteiger partial charge is 0.124 e. The number of benzene rings is 8. The van der Waals surface area contributed by atoms with Crippen LogP contribution in [0.5, 0.6) is 23.0 Å². The van der Waals surface area contributed by atoms with Crippen molar-refractivity contribution in [2.45, 2.75) is 12.8 Å². The van der Waals surface area contributed by atoms with Crippen LogP contribution in [0.2, 0.25) is 0 Å². The van der Waals surface area contributed by atoms with Gasteiger partial charge in [0.15, 0.2) is 0 Å². The van der Waals surface area contributed by atoms with Crippen molar-refractivity contribution in [3.05, 3.63) is 239 Å². The average molecular weight is 940 g/mol. The van der Waals surface area contributed by atoms with E-state index < -0.39 is 0 Å². The minimum Gasteiger partial charge on any atom is -0.507 e. The molecule has 0 aromatic heterocycles. The van der Waals surface area contributed by atoms with E-state index in [1.165, 1.54) is 22.3 Å². The van der Waals surface area contributed by atoms with Crippen molar-refractivity contribution in [1.82, 2.24) is 0 Å². The molecule has 0 saturated carbocycles. The first kappa shape index (κ1) is 47.7. The summed E-state index contributed by atoms with van der Waals surface area (Å²) in [5.41, 5.74) is 10.9. The standard InChI is InChI=1S/2C27H22N2O2.2Cu/c2*30-26-7-3-1-5-22(26)18-28-24-13-9-20(10-14-24)17-21-11-15-25(16-12-21)29-19-23-6-2-4-8-27(23)31;;/h2*1-16,18-19,30-31H,17H2;;. The molecule has 0 aliphatic carbocycles. The van der Waals surface area contributed by atoms with Crippen LogP contribution in [0.3, 0.4) is 0 Å². The van der Waals surface area contributed by atoms with Crippen LogP contribution in [-0.2, 0) is 47.0 Å². The second kappa shape index (κ2) is 24.4. The molecule has 0 aliphatic rings. The first-order valence-electron chi connectivity index (χ1n) is 20.0. The van der Waals surface area contributed by atoms with Crippen molar-refractivity contribution >= 4 is 47.6 Å². The molecule has 8 nitrogen and oxygen atoms in total. The van der Waals surface area contributed by atoms with E-state index in [2.05, 4.69) is 68.5 Å². The molecule has 0 aliphatic heterocycles. The summed E-state index contributed by atoms with van der Waals surface area (Å²) in [4.78, 5) is 17.7. The number of phenols is 4. The van der Waals surface area contributed by atoms with E-state index in [4.69, 9.17) is 0 Å². The molecule has 0 unspecified atom stereocenters. The maximum Gasteiger partial charge on any atom is 0.124 e. The van der Waals surface area contributed by atoms with Gasteiger partial charge in [0.1, 0.15) is 23.0 Å². The van der Waals surface area contributed by atoms with Crippen LogP contribution in [-0.4, -0.2) is 45.3 Å². The summed E-state index contributed by atoms with van der Waals surface area (Å²) in [5, 5.41) is 39.2. The SMILES string of the molecule is Oc1ccccc1C=Nc1ccc(Cc2ccc(N=Cc3ccccc3O)cc2)cc1.Oc1ccccc1C=Nc1ccc(Cc2ccc(N=Cc3ccccc3O)cc2)cc1.[Cu].[Cu]. The number of hydrogen-bond acceptors (Lipinski definition) is 8. The van der Waals surface area contributed by atoms with Gasteiger partial charge in [-0.15, -0.1) is 0 Å². The number of phenolic OH excluding ortho intramolecular Hbond substituents is 4. The van der Waals surface area contributed by atoms with E-state index in [0.717, 1.165) is 35.6 Å². The molecule has 64 heavy (non-hydrogen) atoms. The molecule has 10 heteroatoms. The van der Waals surface area contributed by atoms with Crippen LogP contribution in [0.15, 0.2) is 214 Å². The first-order valence-corrected chi connectivity index (χ1v) is 20.0. The van der Waals surface area contributed by atoms with Crippen LogP contribution in [0.25, 0.3) is 0 Å². The Hall–Kier alpha value is -7.32. The first-order chi connectivity index (χ1) is 30.3. The molecular weight excluding hydrogens is 896 g/mol. The normalized spacial score (nSPS) is 11.0. The van der Waals surface area contributed by atoms with Gasteiger partial charge < -0.3 is 20.4 Å². The predicted molar refractivity (Wildman–Crippen MR) is 253 cm³/mol. The van der Waals surface area contributed by atoms with Gasteiger partial charge in [0.25, 0.3) is 0 Å². The van der Waals surface area contributed by atoms with E-state index in [1.54, 1.807) is 73.4 Å². The fraction of sp³-hybridized carbons (Fsp3) is 0.0370. The molecule has 8 rings (SSSR count). The molecule has 0 bridgehead atoms. The predicted octanol–water partition coefficient (Wildman–Crippen LogP) is 12.4. The summed E-state index contributed by atoms with van der Waals surface area (Å²) in [6, 6.07) is 60.7. The third-order valence-corrected chi connectivity index (χ3v) is 9.72. The summed E-state index contributed by atoms with van der Waals surface area (Å²) in [6.45, 7) is 0. The third kappa shape index (κ3) is 14.4. The molecule has 8 aromatic carbocycles. The zero-order chi connectivity index (χ0) is 42.9. The van der Waals surface area contributed by atoms with Crippen LogP contribution in [0, 0.1) is 0 Å². The van der Waals surface area contributed by atoms with Crippen molar-refractivity contribution < 1.29 is 54.6 Å². The fourth-order valence-corrected chi connectivity index (χ4v) is 6.23. The van der Waals surface area contributed by atoms with Gasteiger partial charge in [-0.2, -0.15) is 0 Å². The average Bonchev–Trinajstić information content (AvgIpc) is 3.30. The summed E-state index contributed by atoms with van der Waals surface area (Å²) in [6.07, 6.45) is 8.29. The van der Waals surface area contributed by atoms with E-state index in [1.807, 2.05) is 97.1 Å². The maximum absolute atomic E-state index is 9.81. The minimum absolute atomic E-state index is 0. The van der Waals surface area contributed by atoms with E-state index in [-0.39, 0.29) is 57.1 Å². The Morgan fingerprint density at radius 3 is 0.641 bits per heavy atom. The molecule has 0 spiro atoms. The van der Waals surface area contributed by atoms with Gasteiger partial charge in [-0.1, -0.05) is 97.1 Å². The number of aliphatic imine (C=N–C) groups is 4. The van der Waals surface area contributed by atoms with E-state index in [9.17, 15) is 20.4 Å². The number of nitrogens with zero attached hydrogens (tertiary/aromatic N) is 4. The number of para-hydroxylation sites is 4. The van der Waals surface area contributed by atoms with Gasteiger partial charge in [0.2, 0.25) is 0 Å². The van der Waals surface area contributed by atoms with Crippen molar-refractivity contribution in [3.63, 3.8) is 0 Å². The third-order valence-electron chi connectivity index (χ3n) is 9.72. The molecule has 0 atom stereocenters. The Morgan fingerprint density at radius 2 is 0.453 bits per heavy atom. The molecule has 0 amide bonds. The summed E-state index contributed by atoms with van der Waals surface area (Å²) in [5.74, 6) is 0.875. The van der Waals surface area contributed by atoms with Gasteiger partial charge in [-0.25, -0.2) is 0 Å². The Labute approximate surface area is 394 Å². The Bertz CT molecular complexity index is 2440. The molecular formula is C54H44Cu2N4O4. The van der Waals surface area contributed by atoms with Gasteiger partial charge >= 0.3 is 0 Å². The van der Waals surface area contributed by atoms with Gasteiger partial charge in [0.05, 0.1) is 22.7 Å². The molecule has 2 radical (unpaired) electrons. The van der Waals surface area contributed by atoms with Crippen molar-refractivity contribution in [3.8, 4) is 23.0 Å². The fourth-order valence-electron chi connectivity index (χ4n) is 6.23. The molecule has 4 N–H and O–H groups in total. The van der Waals surface area contributed by atoms with Gasteiger partial charge in [-0.05, 0) is 132 Å². The number of aromatic hydroxyl groups is 4. The monoisotopic (exact) mass is 938 g/mol. The van der Waals surface area contributed by atoms with E-state index >= 15 is 0 Å². The number of hydrogen-bond donors (Lipinski definition) is 4. The maximum atomic E-state index is 9.81. The van der Waals surface area contributed by atoms with Crippen LogP contribution >= 0.6 is 0 Å². The Kier molecular flexibility index (Phi) is 18.2. The summed E-state index contributed by atoms with van der Waals surface area (Å²) >= 11 is 0. The Balaban J connectivity index is 0.000000234. The van der Waals surface area contributed by atoms with Gasteiger partial charge in [-0.3, -0.25) is 20.0 Å². The quantitative estimate of drug-likeness (QED) is 0.0718. The van der Waals surface area contributed by atoms with Crippen molar-refractivity contribution in [1.29, 1.82) is 0 Å². The molecule has 8 aromatic rings. The van der Waals surface area contributed by atoms with Gasteiger partial charge in [0, 0.05) is 81.2 Å². The van der Waals surface area contributed by atoms with Crippen LogP contribution in [0.4, 0.5) is 22.7 Å². The Morgan fingerprint density at radius 1 is 0.266 bits per heavy atom. The minimum atomic E-state index is 0. The zero-order valence-corrected chi connectivity index (χ0v) is 36.3. The number of rotatable bonds is 12. The summed E-state index contributed by atoms with van der Waals surface area (Å²) in [7, 11) is 0. The summed E-state index contributed by atoms with van der Waals surface area (Å²) < 4.78 is 0. The topological polar surface area (TPSA) is 130 Å². The van der Waals surface area contributed by atoms with Crippen LogP contribution < -0.4 is 0 Å². The van der Waals surface area contributed by atoms with Crippen molar-refractivity contribution in [2.75, 3.05) is 0 Å². The van der Waals surface area contributed by atoms with E-state index in [0.29, 0.717) is 22.3 Å².